The maximum atomic E-state index is 13.0. The summed E-state index contributed by atoms with van der Waals surface area (Å²) < 4.78 is 27.5. The van der Waals surface area contributed by atoms with Crippen LogP contribution in [0.1, 0.15) is 50.5 Å². The molecule has 1 aromatic rings. The first-order chi connectivity index (χ1) is 12.4. The zero-order valence-corrected chi connectivity index (χ0v) is 16.2. The Kier molecular flexibility index (Phi) is 5.99. The number of anilines is 1. The van der Waals surface area contributed by atoms with E-state index in [1.165, 1.54) is 0 Å². The zero-order chi connectivity index (χ0) is 18.7. The van der Waals surface area contributed by atoms with Gasteiger partial charge in [-0.1, -0.05) is 18.9 Å². The van der Waals surface area contributed by atoms with Gasteiger partial charge in [-0.2, -0.15) is 4.31 Å². The van der Waals surface area contributed by atoms with E-state index in [-0.39, 0.29) is 22.8 Å². The topological polar surface area (TPSA) is 92.5 Å². The Labute approximate surface area is 156 Å². The minimum Gasteiger partial charge on any atom is -0.328 e. The van der Waals surface area contributed by atoms with Gasteiger partial charge in [0.2, 0.25) is 15.9 Å². The first-order valence-corrected chi connectivity index (χ1v) is 11.0. The summed E-state index contributed by atoms with van der Waals surface area (Å²) in [6.07, 6.45) is 6.33. The summed E-state index contributed by atoms with van der Waals surface area (Å²) in [5, 5.41) is 2.90. The van der Waals surface area contributed by atoms with Gasteiger partial charge in [-0.25, -0.2) is 8.42 Å². The molecule has 2 unspecified atom stereocenters. The average molecular weight is 380 g/mol. The molecule has 0 aromatic heterocycles. The van der Waals surface area contributed by atoms with Gasteiger partial charge in [-0.3, -0.25) is 4.79 Å². The smallest absolute Gasteiger partial charge is 0.243 e. The number of hydrogen-bond acceptors (Lipinski definition) is 4. The molecule has 144 valence electrons. The molecule has 3 rings (SSSR count). The lowest BCUT2D eigenvalue weighted by Crippen LogP contribution is -2.36. The lowest BCUT2D eigenvalue weighted by molar-refractivity contribution is -0.120. The van der Waals surface area contributed by atoms with Crippen LogP contribution < -0.4 is 11.1 Å². The number of sulfonamides is 1. The maximum Gasteiger partial charge on any atom is 0.243 e. The van der Waals surface area contributed by atoms with E-state index >= 15 is 0 Å². The van der Waals surface area contributed by atoms with E-state index in [1.54, 1.807) is 29.4 Å². The Hall–Kier alpha value is -1.44. The number of piperidine rings is 1. The van der Waals surface area contributed by atoms with Gasteiger partial charge >= 0.3 is 0 Å². The molecule has 1 aliphatic heterocycles. The molecule has 3 N–H and O–H groups in total. The Morgan fingerprint density at radius 1 is 1.15 bits per heavy atom. The minimum atomic E-state index is -3.52. The van der Waals surface area contributed by atoms with Gasteiger partial charge in [0.15, 0.2) is 0 Å². The lowest BCUT2D eigenvalue weighted by Gasteiger charge is -2.27. The number of rotatable bonds is 4. The SMILES string of the molecule is Cc1ccc(NC(=O)C2CCCC(N)C2)cc1S(=O)(=O)N1CCCCC1. The summed E-state index contributed by atoms with van der Waals surface area (Å²) in [7, 11) is -3.52. The lowest BCUT2D eigenvalue weighted by atomic mass is 9.85. The maximum absolute atomic E-state index is 13.0. The molecule has 26 heavy (non-hydrogen) atoms. The van der Waals surface area contributed by atoms with Crippen LogP contribution in [0.2, 0.25) is 0 Å². The molecule has 1 saturated heterocycles. The number of nitrogens with two attached hydrogens (primary N) is 1. The van der Waals surface area contributed by atoms with Gasteiger partial charge in [0, 0.05) is 30.7 Å². The summed E-state index contributed by atoms with van der Waals surface area (Å²) in [4.78, 5) is 12.8. The van der Waals surface area contributed by atoms with E-state index in [0.717, 1.165) is 38.5 Å². The van der Waals surface area contributed by atoms with Crippen molar-refractivity contribution in [3.8, 4) is 0 Å². The summed E-state index contributed by atoms with van der Waals surface area (Å²) in [5.41, 5.74) is 7.21. The Morgan fingerprint density at radius 3 is 2.58 bits per heavy atom. The van der Waals surface area contributed by atoms with Crippen LogP contribution in [0.15, 0.2) is 23.1 Å². The molecule has 2 atom stereocenters. The van der Waals surface area contributed by atoms with Crippen molar-refractivity contribution < 1.29 is 13.2 Å². The van der Waals surface area contributed by atoms with E-state index in [4.69, 9.17) is 5.73 Å². The fourth-order valence-electron chi connectivity index (χ4n) is 3.91. The molecule has 1 amide bonds. The van der Waals surface area contributed by atoms with Crippen LogP contribution in [-0.4, -0.2) is 37.8 Å². The van der Waals surface area contributed by atoms with E-state index in [2.05, 4.69) is 5.32 Å². The van der Waals surface area contributed by atoms with Crippen molar-refractivity contribution in [2.45, 2.75) is 62.8 Å². The molecule has 1 aliphatic carbocycles. The van der Waals surface area contributed by atoms with Crippen LogP contribution in [0.5, 0.6) is 0 Å². The molecular weight excluding hydrogens is 350 g/mol. The highest BCUT2D eigenvalue weighted by atomic mass is 32.2. The number of amides is 1. The van der Waals surface area contributed by atoms with Crippen molar-refractivity contribution in [2.75, 3.05) is 18.4 Å². The van der Waals surface area contributed by atoms with Crippen LogP contribution >= 0.6 is 0 Å². The Morgan fingerprint density at radius 2 is 1.88 bits per heavy atom. The van der Waals surface area contributed by atoms with E-state index < -0.39 is 10.0 Å². The van der Waals surface area contributed by atoms with Gasteiger partial charge in [0.05, 0.1) is 4.90 Å². The average Bonchev–Trinajstić information content (AvgIpc) is 2.64. The molecule has 0 spiro atoms. The standard InChI is InChI=1S/C19H29N3O3S/c1-14-8-9-17(21-19(23)15-6-5-7-16(20)12-15)13-18(14)26(24,25)22-10-3-2-4-11-22/h8-9,13,15-16H,2-7,10-12,20H2,1H3,(H,21,23). The largest absolute Gasteiger partial charge is 0.328 e. The van der Waals surface area contributed by atoms with Crippen molar-refractivity contribution in [1.82, 2.24) is 4.31 Å². The molecule has 0 bridgehead atoms. The van der Waals surface area contributed by atoms with E-state index in [9.17, 15) is 13.2 Å². The molecule has 2 aliphatic rings. The second kappa shape index (κ2) is 8.06. The van der Waals surface area contributed by atoms with Crippen molar-refractivity contribution in [3.05, 3.63) is 23.8 Å². The molecule has 2 fully saturated rings. The van der Waals surface area contributed by atoms with Gasteiger partial charge in [-0.15, -0.1) is 0 Å². The number of benzene rings is 1. The Bertz CT molecular complexity index is 757. The fourth-order valence-corrected chi connectivity index (χ4v) is 5.68. The minimum absolute atomic E-state index is 0.0645. The number of carbonyl (C=O) groups excluding carboxylic acids is 1. The summed E-state index contributed by atoms with van der Waals surface area (Å²) in [6.45, 7) is 2.93. The van der Waals surface area contributed by atoms with Crippen molar-refractivity contribution >= 4 is 21.6 Å². The third-order valence-corrected chi connectivity index (χ3v) is 7.51. The summed E-state index contributed by atoms with van der Waals surface area (Å²) in [5.74, 6) is -0.160. The van der Waals surface area contributed by atoms with Gasteiger partial charge < -0.3 is 11.1 Å². The van der Waals surface area contributed by atoms with E-state index in [1.807, 2.05) is 0 Å². The first kappa shape index (κ1) is 19.3. The number of nitrogens with zero attached hydrogens (tertiary/aromatic N) is 1. The third kappa shape index (κ3) is 4.27. The highest BCUT2D eigenvalue weighted by molar-refractivity contribution is 7.89. The number of hydrogen-bond donors (Lipinski definition) is 2. The first-order valence-electron chi connectivity index (χ1n) is 9.55. The number of aryl methyl sites for hydroxylation is 1. The Balaban J connectivity index is 1.78. The zero-order valence-electron chi connectivity index (χ0n) is 15.4. The molecule has 7 heteroatoms. The summed E-state index contributed by atoms with van der Waals surface area (Å²) >= 11 is 0. The van der Waals surface area contributed by atoms with Crippen molar-refractivity contribution in [2.24, 2.45) is 11.7 Å². The molecule has 1 aromatic carbocycles. The summed E-state index contributed by atoms with van der Waals surface area (Å²) in [6, 6.07) is 5.21. The quantitative estimate of drug-likeness (QED) is 0.841. The normalized spacial score (nSPS) is 25.0. The predicted octanol–water partition coefficient (Wildman–Crippen LogP) is 2.63. The predicted molar refractivity (Wildman–Crippen MR) is 102 cm³/mol. The van der Waals surface area contributed by atoms with Crippen LogP contribution in [0.25, 0.3) is 0 Å². The van der Waals surface area contributed by atoms with E-state index in [0.29, 0.717) is 30.8 Å². The second-order valence-corrected chi connectivity index (χ2v) is 9.46. The third-order valence-electron chi connectivity index (χ3n) is 5.47. The van der Waals surface area contributed by atoms with Crippen molar-refractivity contribution in [3.63, 3.8) is 0 Å². The number of nitrogens with one attached hydrogen (secondary N) is 1. The highest BCUT2D eigenvalue weighted by Crippen LogP contribution is 2.28. The van der Waals surface area contributed by atoms with Crippen LogP contribution in [0.3, 0.4) is 0 Å². The highest BCUT2D eigenvalue weighted by Gasteiger charge is 2.29. The molecular formula is C19H29N3O3S. The second-order valence-electron chi connectivity index (χ2n) is 7.56. The van der Waals surface area contributed by atoms with Crippen molar-refractivity contribution in [1.29, 1.82) is 0 Å². The molecule has 1 heterocycles. The van der Waals surface area contributed by atoms with Crippen LogP contribution in [-0.2, 0) is 14.8 Å². The van der Waals surface area contributed by atoms with Gasteiger partial charge in [0.1, 0.15) is 0 Å². The molecule has 0 radical (unpaired) electrons. The van der Waals surface area contributed by atoms with Crippen LogP contribution in [0, 0.1) is 12.8 Å². The van der Waals surface area contributed by atoms with Gasteiger partial charge in [0.25, 0.3) is 0 Å². The van der Waals surface area contributed by atoms with Crippen LogP contribution in [0.4, 0.5) is 5.69 Å². The molecule has 1 saturated carbocycles. The van der Waals surface area contributed by atoms with Gasteiger partial charge in [-0.05, 0) is 56.7 Å². The fraction of sp³-hybridized carbons (Fsp3) is 0.632. The number of carbonyl (C=O) groups is 1. The monoisotopic (exact) mass is 379 g/mol. The molecule has 6 nitrogen and oxygen atoms in total.